The van der Waals surface area contributed by atoms with Crippen LogP contribution < -0.4 is 11.1 Å². The van der Waals surface area contributed by atoms with Crippen LogP contribution in [0.25, 0.3) is 11.1 Å². The number of hydrogen-bond donors (Lipinski definition) is 2. The predicted octanol–water partition coefficient (Wildman–Crippen LogP) is 4.55. The van der Waals surface area contributed by atoms with Gasteiger partial charge in [-0.05, 0) is 89.9 Å². The maximum atomic E-state index is 14.4. The first-order valence-electron chi connectivity index (χ1n) is 14.9. The number of nitrogens with zero attached hydrogens (tertiary/aromatic N) is 5. The van der Waals surface area contributed by atoms with Crippen molar-refractivity contribution in [1.82, 2.24) is 24.9 Å². The summed E-state index contributed by atoms with van der Waals surface area (Å²) in [6.07, 6.45) is 4.58. The normalized spacial score (nSPS) is 20.1. The van der Waals surface area contributed by atoms with Crippen LogP contribution in [0.15, 0.2) is 35.8 Å². The quantitative estimate of drug-likeness (QED) is 0.396. The van der Waals surface area contributed by atoms with E-state index in [9.17, 15) is 13.6 Å². The zero-order chi connectivity index (χ0) is 30.2. The van der Waals surface area contributed by atoms with Gasteiger partial charge in [-0.1, -0.05) is 0 Å². The molecule has 9 nitrogen and oxygen atoms in total. The number of nitrogens with one attached hydrogen (secondary N) is 1. The molecule has 1 aromatic carbocycles. The van der Waals surface area contributed by atoms with E-state index < -0.39 is 12.0 Å². The van der Waals surface area contributed by atoms with E-state index in [1.54, 1.807) is 35.1 Å². The SMILES string of the molecule is CN1CCC(NC2=C(C(N)=[N+]3CCCc4cc(-c5cnn(C)c5)c(C(F)F)cc43)CN(C(=O)OC(C)(C)C)CC2)CC1. The summed E-state index contributed by atoms with van der Waals surface area (Å²) in [5.41, 5.74) is 11.0. The number of carbonyl (C=O) groups is 1. The molecule has 0 bridgehead atoms. The monoisotopic (exact) mass is 584 g/mol. The van der Waals surface area contributed by atoms with Gasteiger partial charge in [-0.25, -0.2) is 18.2 Å². The Labute approximate surface area is 247 Å². The van der Waals surface area contributed by atoms with Crippen LogP contribution >= 0.6 is 0 Å². The summed E-state index contributed by atoms with van der Waals surface area (Å²) in [7, 11) is 3.91. The summed E-state index contributed by atoms with van der Waals surface area (Å²) in [4.78, 5) is 17.1. The van der Waals surface area contributed by atoms with Crippen LogP contribution in [-0.4, -0.2) is 87.5 Å². The fourth-order valence-electron chi connectivity index (χ4n) is 6.09. The molecule has 2 aromatic rings. The number of amidine groups is 1. The van der Waals surface area contributed by atoms with Gasteiger partial charge >= 0.3 is 6.09 Å². The molecular weight excluding hydrogens is 540 g/mol. The van der Waals surface area contributed by atoms with Crippen molar-refractivity contribution < 1.29 is 22.9 Å². The van der Waals surface area contributed by atoms with E-state index in [0.29, 0.717) is 48.2 Å². The third kappa shape index (κ3) is 6.61. The molecule has 3 aliphatic heterocycles. The first-order chi connectivity index (χ1) is 19.9. The molecule has 1 saturated heterocycles. The molecule has 3 aliphatic rings. The topological polar surface area (TPSA) is 91.7 Å². The second-order valence-corrected chi connectivity index (χ2v) is 12.7. The Hall–Kier alpha value is -3.47. The molecule has 0 spiro atoms. The fraction of sp³-hybridized carbons (Fsp3) is 0.581. The summed E-state index contributed by atoms with van der Waals surface area (Å²) in [5.74, 6) is 0.494. The molecule has 3 N–H and O–H groups in total. The zero-order valence-corrected chi connectivity index (χ0v) is 25.4. The molecule has 0 radical (unpaired) electrons. The zero-order valence-electron chi connectivity index (χ0n) is 25.4. The van der Waals surface area contributed by atoms with Gasteiger partial charge in [0, 0.05) is 49.1 Å². The lowest BCUT2D eigenvalue weighted by Gasteiger charge is -2.35. The van der Waals surface area contributed by atoms with Crippen molar-refractivity contribution >= 4 is 17.6 Å². The van der Waals surface area contributed by atoms with Gasteiger partial charge in [0.25, 0.3) is 12.3 Å². The van der Waals surface area contributed by atoms with Crippen molar-refractivity contribution in [3.05, 3.63) is 46.9 Å². The molecule has 0 unspecified atom stereocenters. The Morgan fingerprint density at radius 3 is 2.55 bits per heavy atom. The van der Waals surface area contributed by atoms with Gasteiger partial charge < -0.3 is 19.9 Å². The number of amides is 1. The van der Waals surface area contributed by atoms with E-state index in [2.05, 4.69) is 22.4 Å². The standard InChI is InChI=1S/C31H43F2N7O2/c1-31(2,3)42-30(41)39-14-10-26(36-22-8-12-37(4)13-9-22)25(19-39)29(34)40-11-6-7-20-15-23(21-17-35-38(5)18-21)24(28(32)33)16-27(20)40/h15-18,22,28H,6-14,19H2,1-5H3,(H2,34,36)/p+1. The number of nitrogens with two attached hydrogens (primary N) is 1. The largest absolute Gasteiger partial charge is 0.444 e. The van der Waals surface area contributed by atoms with Crippen molar-refractivity contribution in [3.63, 3.8) is 0 Å². The average molecular weight is 585 g/mol. The third-order valence-corrected chi connectivity index (χ3v) is 8.31. The van der Waals surface area contributed by atoms with Crippen molar-refractivity contribution in [2.45, 2.75) is 70.9 Å². The molecule has 0 aliphatic carbocycles. The minimum Gasteiger partial charge on any atom is -0.444 e. The fourth-order valence-corrected chi connectivity index (χ4v) is 6.09. The molecule has 11 heteroatoms. The summed E-state index contributed by atoms with van der Waals surface area (Å²) in [6.45, 7) is 8.99. The highest BCUT2D eigenvalue weighted by molar-refractivity contribution is 5.96. The number of halogens is 2. The van der Waals surface area contributed by atoms with Crippen molar-refractivity contribution in [3.8, 4) is 11.1 Å². The van der Waals surface area contributed by atoms with Gasteiger partial charge in [0.05, 0.1) is 24.9 Å². The number of alkyl halides is 2. The van der Waals surface area contributed by atoms with E-state index in [-0.39, 0.29) is 18.2 Å². The smallest absolute Gasteiger partial charge is 0.410 e. The number of likely N-dealkylation sites (tertiary alicyclic amines) is 1. The Morgan fingerprint density at radius 1 is 1.17 bits per heavy atom. The molecule has 1 aromatic heterocycles. The Morgan fingerprint density at radius 2 is 1.90 bits per heavy atom. The van der Waals surface area contributed by atoms with E-state index >= 15 is 0 Å². The lowest BCUT2D eigenvalue weighted by Crippen LogP contribution is -2.48. The highest BCUT2D eigenvalue weighted by Gasteiger charge is 2.34. The molecule has 1 fully saturated rings. The van der Waals surface area contributed by atoms with Crippen LogP contribution in [0.5, 0.6) is 0 Å². The molecular formula is C31H44F2N7O2+. The van der Waals surface area contributed by atoms with Crippen LogP contribution in [0.2, 0.25) is 0 Å². The van der Waals surface area contributed by atoms with Gasteiger partial charge in [0.15, 0.2) is 0 Å². The number of ether oxygens (including phenoxy) is 1. The predicted molar refractivity (Wildman–Crippen MR) is 159 cm³/mol. The number of aromatic nitrogens is 2. The summed E-state index contributed by atoms with van der Waals surface area (Å²) < 4.78 is 38.1. The van der Waals surface area contributed by atoms with Gasteiger partial charge in [-0.2, -0.15) is 5.10 Å². The highest BCUT2D eigenvalue weighted by Crippen LogP contribution is 2.38. The number of hydrogen-bond acceptors (Lipinski definition) is 5. The Balaban J connectivity index is 1.56. The lowest BCUT2D eigenvalue weighted by atomic mass is 9.93. The molecule has 42 heavy (non-hydrogen) atoms. The van der Waals surface area contributed by atoms with Gasteiger partial charge in [-0.3, -0.25) is 10.4 Å². The van der Waals surface area contributed by atoms with Crippen molar-refractivity contribution in [2.75, 3.05) is 39.8 Å². The van der Waals surface area contributed by atoms with E-state index in [4.69, 9.17) is 10.5 Å². The number of benzene rings is 1. The summed E-state index contributed by atoms with van der Waals surface area (Å²) in [5, 5.41) is 7.95. The minimum absolute atomic E-state index is 0.0425. The van der Waals surface area contributed by atoms with Crippen LogP contribution in [0.3, 0.4) is 0 Å². The van der Waals surface area contributed by atoms with Gasteiger partial charge in [0.2, 0.25) is 0 Å². The first-order valence-corrected chi connectivity index (χ1v) is 14.9. The molecule has 228 valence electrons. The second kappa shape index (κ2) is 12.0. The number of fused-ring (bicyclic) bond motifs is 1. The number of rotatable bonds is 5. The number of piperidine rings is 1. The molecule has 0 atom stereocenters. The Kier molecular flexibility index (Phi) is 8.59. The third-order valence-electron chi connectivity index (χ3n) is 8.31. The van der Waals surface area contributed by atoms with Crippen LogP contribution in [0, 0.1) is 0 Å². The Bertz CT molecular complexity index is 1380. The minimum atomic E-state index is -2.66. The van der Waals surface area contributed by atoms with Crippen molar-refractivity contribution in [2.24, 2.45) is 12.8 Å². The van der Waals surface area contributed by atoms with Crippen LogP contribution in [-0.2, 0) is 18.2 Å². The van der Waals surface area contributed by atoms with Gasteiger partial charge in [0.1, 0.15) is 11.3 Å². The van der Waals surface area contributed by atoms with E-state index in [1.807, 2.05) is 31.4 Å². The molecule has 4 heterocycles. The van der Waals surface area contributed by atoms with Crippen LogP contribution in [0.4, 0.5) is 19.3 Å². The molecule has 5 rings (SSSR count). The number of carbonyl (C=O) groups excluding carboxylic acids is 1. The lowest BCUT2D eigenvalue weighted by molar-refractivity contribution is -0.447. The second-order valence-electron chi connectivity index (χ2n) is 12.7. The maximum Gasteiger partial charge on any atom is 0.410 e. The molecule has 1 amide bonds. The van der Waals surface area contributed by atoms with E-state index in [0.717, 1.165) is 55.6 Å². The van der Waals surface area contributed by atoms with Crippen molar-refractivity contribution in [1.29, 1.82) is 0 Å². The average Bonchev–Trinajstić information content (AvgIpc) is 3.38. The van der Waals surface area contributed by atoms with Gasteiger partial charge in [-0.15, -0.1) is 0 Å². The number of aryl methyl sites for hydroxylation is 2. The summed E-state index contributed by atoms with van der Waals surface area (Å²) in [6, 6.07) is 3.77. The highest BCUT2D eigenvalue weighted by atomic mass is 19.3. The summed E-state index contributed by atoms with van der Waals surface area (Å²) >= 11 is 0. The van der Waals surface area contributed by atoms with E-state index in [1.165, 1.54) is 0 Å². The maximum absolute atomic E-state index is 14.4. The molecule has 0 saturated carbocycles. The first kappa shape index (κ1) is 30.0. The van der Waals surface area contributed by atoms with Crippen LogP contribution in [0.1, 0.15) is 64.0 Å².